The largest absolute Gasteiger partial charge is 0.465 e. The lowest BCUT2D eigenvalue weighted by Crippen LogP contribution is -2.18. The molecular formula is C20H22N2O6. The molecule has 0 bridgehead atoms. The van der Waals surface area contributed by atoms with E-state index in [1.54, 1.807) is 0 Å². The van der Waals surface area contributed by atoms with Crippen molar-refractivity contribution in [2.75, 3.05) is 13.7 Å². The molecule has 0 aliphatic heterocycles. The molecule has 0 atom stereocenters. The summed E-state index contributed by atoms with van der Waals surface area (Å²) in [5.41, 5.74) is -1.53. The molecule has 8 heteroatoms. The van der Waals surface area contributed by atoms with E-state index in [0.29, 0.717) is 0 Å². The van der Waals surface area contributed by atoms with Gasteiger partial charge in [-0.1, -0.05) is 25.8 Å². The molecule has 1 aromatic carbocycles. The molecule has 1 heterocycles. The third-order valence-corrected chi connectivity index (χ3v) is 3.87. The number of benzene rings is 1. The summed E-state index contributed by atoms with van der Waals surface area (Å²) in [7, 11) is 1.06. The smallest absolute Gasteiger partial charge is 0.340 e. The maximum Gasteiger partial charge on any atom is 0.340 e. The van der Waals surface area contributed by atoms with Crippen molar-refractivity contribution in [3.63, 3.8) is 0 Å². The van der Waals surface area contributed by atoms with Crippen molar-refractivity contribution in [3.8, 4) is 11.1 Å². The van der Waals surface area contributed by atoms with Gasteiger partial charge in [-0.15, -0.1) is 0 Å². The van der Waals surface area contributed by atoms with E-state index in [0.717, 1.165) is 13.2 Å². The van der Waals surface area contributed by atoms with E-state index in [1.165, 1.54) is 32.0 Å². The topological polar surface area (TPSA) is 109 Å². The van der Waals surface area contributed by atoms with Gasteiger partial charge in [0, 0.05) is 21.2 Å². The van der Waals surface area contributed by atoms with Crippen LogP contribution in [0.15, 0.2) is 24.3 Å². The van der Waals surface area contributed by atoms with Crippen molar-refractivity contribution in [3.05, 3.63) is 56.9 Å². The van der Waals surface area contributed by atoms with Gasteiger partial charge in [-0.05, 0) is 25.8 Å². The van der Waals surface area contributed by atoms with Gasteiger partial charge >= 0.3 is 11.9 Å². The average molecular weight is 393 g/mol. The van der Waals surface area contributed by atoms with Crippen molar-refractivity contribution in [1.82, 2.24) is 4.98 Å². The van der Waals surface area contributed by atoms with Gasteiger partial charge < -0.3 is 9.47 Å². The van der Waals surface area contributed by atoms with Gasteiger partial charge in [0.2, 0.25) is 0 Å². The number of nitro benzene ring substituents is 1. The minimum absolute atomic E-state index is 0.0355. The number of ether oxygens (including phenoxy) is 2. The molecule has 2 aromatic rings. The van der Waals surface area contributed by atoms with Gasteiger partial charge in [0.05, 0.1) is 46.7 Å². The van der Waals surface area contributed by atoms with Crippen LogP contribution >= 0.6 is 0 Å². The molecule has 0 unspecified atom stereocenters. The zero-order valence-corrected chi connectivity index (χ0v) is 15.4. The average Bonchev–Trinajstić information content (AvgIpc) is 2.74. The van der Waals surface area contributed by atoms with Crippen LogP contribution in [0.25, 0.3) is 11.1 Å². The first-order valence-electron chi connectivity index (χ1n) is 11.5. The summed E-state index contributed by atoms with van der Waals surface area (Å²) in [6, 6.07) is 5.24. The maximum absolute atomic E-state index is 13.2. The van der Waals surface area contributed by atoms with Crippen LogP contribution in [-0.4, -0.2) is 35.6 Å². The second kappa shape index (κ2) is 8.60. The molecular weight excluding hydrogens is 364 g/mol. The Labute approximate surface area is 172 Å². The molecule has 28 heavy (non-hydrogen) atoms. The maximum atomic E-state index is 13.2. The summed E-state index contributed by atoms with van der Waals surface area (Å²) in [4.78, 5) is 40.9. The lowest BCUT2D eigenvalue weighted by molar-refractivity contribution is -0.384. The molecule has 1 aromatic heterocycles. The first-order chi connectivity index (χ1) is 16.0. The highest BCUT2D eigenvalue weighted by atomic mass is 16.6. The number of para-hydroxylation sites is 1. The lowest BCUT2D eigenvalue weighted by Gasteiger charge is -2.18. The predicted octanol–water partition coefficient (Wildman–Crippen LogP) is 3.87. The monoisotopic (exact) mass is 393 g/mol. The van der Waals surface area contributed by atoms with Gasteiger partial charge in [0.1, 0.15) is 0 Å². The molecule has 8 nitrogen and oxygen atoms in total. The van der Waals surface area contributed by atoms with E-state index in [-0.39, 0.29) is 28.1 Å². The molecule has 0 aliphatic rings. The molecule has 0 aliphatic carbocycles. The highest BCUT2D eigenvalue weighted by molar-refractivity contribution is 6.08. The van der Waals surface area contributed by atoms with Gasteiger partial charge in [-0.2, -0.15) is 0 Å². The number of pyridine rings is 1. The highest BCUT2D eigenvalue weighted by Gasteiger charge is 2.31. The van der Waals surface area contributed by atoms with Gasteiger partial charge in [0.25, 0.3) is 5.69 Å². The van der Waals surface area contributed by atoms with Gasteiger partial charge in [0.15, 0.2) is 0 Å². The quantitative estimate of drug-likeness (QED) is 0.416. The number of hydrogen-bond acceptors (Lipinski definition) is 7. The van der Waals surface area contributed by atoms with Crippen LogP contribution in [0.4, 0.5) is 5.69 Å². The standard InChI is InChI=1S/C20H22N2O6/c1-11(2)10-28-20(24)17-13(4)21-12(3)16(19(23)27-5)18(17)14-8-6-7-9-15(14)22(25)26/h6-9,11H,10H2,1-5H3/i1D3,2D3,11D. The third-order valence-electron chi connectivity index (χ3n) is 3.87. The number of aromatic nitrogens is 1. The second-order valence-corrected chi connectivity index (χ2v) is 5.73. The Bertz CT molecular complexity index is 1160. The van der Waals surface area contributed by atoms with Gasteiger partial charge in [-0.3, -0.25) is 15.1 Å². The lowest BCUT2D eigenvalue weighted by atomic mass is 9.91. The predicted molar refractivity (Wildman–Crippen MR) is 102 cm³/mol. The zero-order chi connectivity index (χ0) is 26.9. The summed E-state index contributed by atoms with van der Waals surface area (Å²) < 4.78 is 62.6. The minimum Gasteiger partial charge on any atom is -0.465 e. The Morgan fingerprint density at radius 3 is 2.39 bits per heavy atom. The fourth-order valence-electron chi connectivity index (χ4n) is 2.78. The number of hydrogen-bond donors (Lipinski definition) is 0. The summed E-state index contributed by atoms with van der Waals surface area (Å²) in [6.07, 6.45) is 0. The molecule has 0 spiro atoms. The fourth-order valence-corrected chi connectivity index (χ4v) is 2.78. The van der Waals surface area contributed by atoms with Crippen molar-refractivity contribution >= 4 is 17.6 Å². The molecule has 148 valence electrons. The van der Waals surface area contributed by atoms with Crippen LogP contribution < -0.4 is 0 Å². The van der Waals surface area contributed by atoms with Crippen molar-refractivity contribution in [2.45, 2.75) is 27.6 Å². The summed E-state index contributed by atoms with van der Waals surface area (Å²) in [6.45, 7) is -5.28. The Hall–Kier alpha value is -3.29. The Morgan fingerprint density at radius 1 is 1.21 bits per heavy atom. The number of methoxy groups -OCH3 is 1. The number of nitrogens with zero attached hydrogens (tertiary/aromatic N) is 2. The molecule has 0 saturated carbocycles. The first-order valence-corrected chi connectivity index (χ1v) is 7.98. The summed E-state index contributed by atoms with van der Waals surface area (Å²) >= 11 is 0. The Kier molecular flexibility index (Phi) is 3.99. The minimum atomic E-state index is -3.35. The molecule has 0 fully saturated rings. The van der Waals surface area contributed by atoms with Crippen molar-refractivity contribution in [2.24, 2.45) is 5.89 Å². The van der Waals surface area contributed by atoms with E-state index >= 15 is 0 Å². The molecule has 2 rings (SSSR count). The Balaban J connectivity index is 2.80. The van der Waals surface area contributed by atoms with E-state index in [9.17, 15) is 19.7 Å². The highest BCUT2D eigenvalue weighted by Crippen LogP contribution is 2.37. The van der Waals surface area contributed by atoms with E-state index in [4.69, 9.17) is 19.1 Å². The molecule has 0 saturated heterocycles. The van der Waals surface area contributed by atoms with Crippen LogP contribution in [0.1, 0.15) is 55.4 Å². The molecule has 0 radical (unpaired) electrons. The fraction of sp³-hybridized carbons (Fsp3) is 0.350. The number of carbonyl (C=O) groups is 2. The van der Waals surface area contributed by atoms with Crippen LogP contribution in [0.3, 0.4) is 0 Å². The molecule has 0 N–H and O–H groups in total. The van der Waals surface area contributed by atoms with Crippen LogP contribution in [0.2, 0.25) is 0 Å². The van der Waals surface area contributed by atoms with Crippen LogP contribution in [0.5, 0.6) is 0 Å². The van der Waals surface area contributed by atoms with Crippen molar-refractivity contribution < 1.29 is 33.6 Å². The van der Waals surface area contributed by atoms with Crippen molar-refractivity contribution in [1.29, 1.82) is 0 Å². The van der Waals surface area contributed by atoms with Gasteiger partial charge in [-0.25, -0.2) is 9.59 Å². The first kappa shape index (κ1) is 13.0. The van der Waals surface area contributed by atoms with E-state index < -0.39 is 54.3 Å². The number of esters is 2. The normalized spacial score (nSPS) is 15.6. The number of rotatable bonds is 6. The third kappa shape index (κ3) is 4.16. The second-order valence-electron chi connectivity index (χ2n) is 5.73. The summed E-state index contributed by atoms with van der Waals surface area (Å²) in [5.74, 6) is -5.44. The number of aryl methyl sites for hydroxylation is 2. The number of carbonyl (C=O) groups excluding carboxylic acids is 2. The summed E-state index contributed by atoms with van der Waals surface area (Å²) in [5, 5.41) is 11.7. The van der Waals surface area contributed by atoms with Crippen LogP contribution in [0, 0.1) is 29.9 Å². The Morgan fingerprint density at radius 2 is 1.82 bits per heavy atom. The molecule has 0 amide bonds. The number of nitro groups is 1. The SMILES string of the molecule is [2H]C([2H])([2H])C([2H])(COC(=O)c1c(C)nc(C)c(C(=O)OC)c1-c1ccccc1[N+](=O)[O-])C([2H])([2H])[2H]. The zero-order valence-electron chi connectivity index (χ0n) is 22.4. The van der Waals surface area contributed by atoms with Crippen LogP contribution in [-0.2, 0) is 9.47 Å². The van der Waals surface area contributed by atoms with E-state index in [1.807, 2.05) is 0 Å². The van der Waals surface area contributed by atoms with E-state index in [2.05, 4.69) is 4.98 Å².